The number of aromatic nitrogens is 4. The van der Waals surface area contributed by atoms with Crippen LogP contribution in [0.5, 0.6) is 11.8 Å². The van der Waals surface area contributed by atoms with Crippen molar-refractivity contribution in [3.63, 3.8) is 0 Å². The van der Waals surface area contributed by atoms with Crippen LogP contribution in [0.15, 0.2) is 42.6 Å². The number of amides is 1. The van der Waals surface area contributed by atoms with Crippen molar-refractivity contribution in [1.29, 1.82) is 0 Å². The molecule has 4 rings (SSSR count). The van der Waals surface area contributed by atoms with E-state index in [0.717, 1.165) is 0 Å². The zero-order valence-electron chi connectivity index (χ0n) is 18.2. The third-order valence-electron chi connectivity index (χ3n) is 5.00. The molecule has 1 atom stereocenters. The Hall–Kier alpha value is -3.79. The molecule has 10 nitrogen and oxygen atoms in total. The van der Waals surface area contributed by atoms with Crippen LogP contribution < -0.4 is 15.4 Å². The molecule has 32 heavy (non-hydrogen) atoms. The summed E-state index contributed by atoms with van der Waals surface area (Å²) in [6.07, 6.45) is 1.60. The smallest absolute Gasteiger partial charge is 0.327 e. The third kappa shape index (κ3) is 4.59. The van der Waals surface area contributed by atoms with Crippen LogP contribution >= 0.6 is 0 Å². The highest BCUT2D eigenvalue weighted by Gasteiger charge is 2.24. The molecule has 1 aromatic carbocycles. The van der Waals surface area contributed by atoms with E-state index < -0.39 is 0 Å². The summed E-state index contributed by atoms with van der Waals surface area (Å²) in [5.41, 5.74) is 6.81. The number of carbonyl (C=O) groups excluding carboxylic acids is 1. The highest BCUT2D eigenvalue weighted by Crippen LogP contribution is 2.28. The number of rotatable bonds is 5. The SMILES string of the molecule is CC1COCCN1c1nc(Oc2ccccc2C(=O)N(C)C)nc(-c2ccc(N)nc2)n1. The number of anilines is 2. The molecule has 0 bridgehead atoms. The molecule has 1 aliphatic heterocycles. The minimum Gasteiger partial charge on any atom is -0.423 e. The monoisotopic (exact) mass is 435 g/mol. The summed E-state index contributed by atoms with van der Waals surface area (Å²) < 4.78 is 11.6. The van der Waals surface area contributed by atoms with Crippen molar-refractivity contribution in [2.45, 2.75) is 13.0 Å². The van der Waals surface area contributed by atoms with Gasteiger partial charge in [0, 0.05) is 32.4 Å². The van der Waals surface area contributed by atoms with Gasteiger partial charge in [0.15, 0.2) is 5.82 Å². The highest BCUT2D eigenvalue weighted by atomic mass is 16.5. The van der Waals surface area contributed by atoms with Crippen molar-refractivity contribution in [3.8, 4) is 23.1 Å². The molecule has 3 aromatic rings. The summed E-state index contributed by atoms with van der Waals surface area (Å²) in [4.78, 5) is 33.9. The summed E-state index contributed by atoms with van der Waals surface area (Å²) in [5.74, 6) is 1.44. The second-order valence-corrected chi connectivity index (χ2v) is 7.63. The predicted molar refractivity (Wildman–Crippen MR) is 120 cm³/mol. The van der Waals surface area contributed by atoms with Crippen molar-refractivity contribution in [2.75, 3.05) is 44.5 Å². The fraction of sp³-hybridized carbons (Fsp3) is 0.318. The fourth-order valence-corrected chi connectivity index (χ4v) is 3.28. The van der Waals surface area contributed by atoms with E-state index in [-0.39, 0.29) is 18.0 Å². The molecule has 1 amide bonds. The number of hydrogen-bond donors (Lipinski definition) is 1. The minimum absolute atomic E-state index is 0.0824. The molecule has 1 unspecified atom stereocenters. The highest BCUT2D eigenvalue weighted by molar-refractivity contribution is 5.96. The van der Waals surface area contributed by atoms with Crippen LogP contribution in [0.25, 0.3) is 11.4 Å². The summed E-state index contributed by atoms with van der Waals surface area (Å²) in [6, 6.07) is 10.6. The number of pyridine rings is 1. The van der Waals surface area contributed by atoms with Crippen LogP contribution in [-0.2, 0) is 4.74 Å². The van der Waals surface area contributed by atoms with Crippen molar-refractivity contribution < 1.29 is 14.3 Å². The van der Waals surface area contributed by atoms with Gasteiger partial charge in [-0.3, -0.25) is 4.79 Å². The number of nitrogens with zero attached hydrogens (tertiary/aromatic N) is 6. The Kier molecular flexibility index (Phi) is 6.13. The summed E-state index contributed by atoms with van der Waals surface area (Å²) in [5, 5.41) is 0. The van der Waals surface area contributed by atoms with Gasteiger partial charge in [-0.1, -0.05) is 12.1 Å². The maximum atomic E-state index is 12.6. The van der Waals surface area contributed by atoms with Crippen LogP contribution in [0.3, 0.4) is 0 Å². The molecule has 1 fully saturated rings. The molecule has 0 spiro atoms. The van der Waals surface area contributed by atoms with Crippen LogP contribution in [0.1, 0.15) is 17.3 Å². The molecule has 1 saturated heterocycles. The first-order chi connectivity index (χ1) is 15.4. The molecule has 2 N–H and O–H groups in total. The van der Waals surface area contributed by atoms with E-state index in [1.165, 1.54) is 4.90 Å². The van der Waals surface area contributed by atoms with E-state index in [0.29, 0.717) is 54.2 Å². The number of nitrogen functional groups attached to an aromatic ring is 1. The number of benzene rings is 1. The van der Waals surface area contributed by atoms with E-state index in [1.54, 1.807) is 56.7 Å². The van der Waals surface area contributed by atoms with Crippen LogP contribution in [0, 0.1) is 0 Å². The number of carbonyl (C=O) groups is 1. The molecule has 2 aromatic heterocycles. The Labute approximate surface area is 186 Å². The van der Waals surface area contributed by atoms with Crippen LogP contribution in [0.4, 0.5) is 11.8 Å². The normalized spacial score (nSPS) is 16.0. The lowest BCUT2D eigenvalue weighted by molar-refractivity contribution is 0.0825. The number of morpholine rings is 1. The van der Waals surface area contributed by atoms with E-state index in [9.17, 15) is 4.79 Å². The lowest BCUT2D eigenvalue weighted by atomic mass is 10.2. The van der Waals surface area contributed by atoms with Gasteiger partial charge in [0.2, 0.25) is 5.95 Å². The zero-order valence-corrected chi connectivity index (χ0v) is 18.2. The van der Waals surface area contributed by atoms with Gasteiger partial charge in [0.25, 0.3) is 5.91 Å². The van der Waals surface area contributed by atoms with Crippen LogP contribution in [-0.4, -0.2) is 70.6 Å². The number of para-hydroxylation sites is 1. The van der Waals surface area contributed by atoms with E-state index in [1.807, 2.05) is 11.8 Å². The molecule has 3 heterocycles. The first-order valence-electron chi connectivity index (χ1n) is 10.2. The number of nitrogens with two attached hydrogens (primary N) is 1. The van der Waals surface area contributed by atoms with E-state index >= 15 is 0 Å². The second kappa shape index (κ2) is 9.15. The predicted octanol–water partition coefficient (Wildman–Crippen LogP) is 2.23. The average Bonchev–Trinajstić information content (AvgIpc) is 2.79. The average molecular weight is 435 g/mol. The molecule has 166 valence electrons. The lowest BCUT2D eigenvalue weighted by Gasteiger charge is -2.33. The Morgan fingerprint density at radius 1 is 1.19 bits per heavy atom. The van der Waals surface area contributed by atoms with Gasteiger partial charge in [-0.25, -0.2) is 4.98 Å². The van der Waals surface area contributed by atoms with Gasteiger partial charge >= 0.3 is 6.01 Å². The molecule has 0 saturated carbocycles. The third-order valence-corrected chi connectivity index (χ3v) is 5.00. The lowest BCUT2D eigenvalue weighted by Crippen LogP contribution is -2.44. The Morgan fingerprint density at radius 2 is 2.00 bits per heavy atom. The van der Waals surface area contributed by atoms with Crippen molar-refractivity contribution in [2.24, 2.45) is 0 Å². The first kappa shape index (κ1) is 21.4. The molecule has 10 heteroatoms. The summed E-state index contributed by atoms with van der Waals surface area (Å²) in [6.45, 7) is 3.82. The second-order valence-electron chi connectivity index (χ2n) is 7.63. The van der Waals surface area contributed by atoms with Crippen molar-refractivity contribution in [3.05, 3.63) is 48.2 Å². The largest absolute Gasteiger partial charge is 0.423 e. The zero-order chi connectivity index (χ0) is 22.7. The van der Waals surface area contributed by atoms with Gasteiger partial charge in [0.1, 0.15) is 11.6 Å². The molecular weight excluding hydrogens is 410 g/mol. The summed E-state index contributed by atoms with van der Waals surface area (Å²) >= 11 is 0. The number of hydrogen-bond acceptors (Lipinski definition) is 9. The first-order valence-corrected chi connectivity index (χ1v) is 10.2. The van der Waals surface area contributed by atoms with Crippen molar-refractivity contribution >= 4 is 17.7 Å². The Bertz CT molecular complexity index is 1100. The van der Waals surface area contributed by atoms with Gasteiger partial charge < -0.3 is 25.0 Å². The quantitative estimate of drug-likeness (QED) is 0.643. The fourth-order valence-electron chi connectivity index (χ4n) is 3.28. The summed E-state index contributed by atoms with van der Waals surface area (Å²) in [7, 11) is 3.37. The molecule has 0 radical (unpaired) electrons. The maximum absolute atomic E-state index is 12.6. The maximum Gasteiger partial charge on any atom is 0.327 e. The molecule has 0 aliphatic carbocycles. The van der Waals surface area contributed by atoms with Gasteiger partial charge in [-0.2, -0.15) is 15.0 Å². The minimum atomic E-state index is -0.181. The molecular formula is C22H25N7O3. The number of ether oxygens (including phenoxy) is 2. The van der Waals surface area contributed by atoms with Crippen LogP contribution in [0.2, 0.25) is 0 Å². The van der Waals surface area contributed by atoms with Gasteiger partial charge in [0.05, 0.1) is 24.8 Å². The Morgan fingerprint density at radius 3 is 2.72 bits per heavy atom. The Balaban J connectivity index is 1.76. The standard InChI is InChI=1S/C22H25N7O3/c1-14-13-31-11-10-29(14)21-25-19(15-8-9-18(23)24-12-15)26-22(27-21)32-17-7-5-4-6-16(17)20(30)28(2)3/h4-9,12,14H,10-11,13H2,1-3H3,(H2,23,24). The molecule has 1 aliphatic rings. The van der Waals surface area contributed by atoms with Gasteiger partial charge in [-0.15, -0.1) is 0 Å². The topological polar surface area (TPSA) is 120 Å². The van der Waals surface area contributed by atoms with Gasteiger partial charge in [-0.05, 0) is 31.2 Å². The van der Waals surface area contributed by atoms with E-state index in [2.05, 4.69) is 19.9 Å². The van der Waals surface area contributed by atoms with Crippen molar-refractivity contribution in [1.82, 2.24) is 24.8 Å². The van der Waals surface area contributed by atoms with E-state index in [4.69, 9.17) is 15.2 Å².